The Labute approximate surface area is 117 Å². The van der Waals surface area contributed by atoms with Crippen LogP contribution in [0.1, 0.15) is 12.6 Å². The summed E-state index contributed by atoms with van der Waals surface area (Å²) in [5.74, 6) is 1.63. The molecule has 5 heteroatoms. The summed E-state index contributed by atoms with van der Waals surface area (Å²) in [7, 11) is 1.66. The van der Waals surface area contributed by atoms with Gasteiger partial charge in [-0.25, -0.2) is 14.6 Å². The van der Waals surface area contributed by atoms with Gasteiger partial charge in [0.2, 0.25) is 0 Å². The van der Waals surface area contributed by atoms with E-state index in [4.69, 9.17) is 4.74 Å². The number of rotatable bonds is 3. The van der Waals surface area contributed by atoms with Gasteiger partial charge in [0, 0.05) is 23.2 Å². The van der Waals surface area contributed by atoms with Crippen molar-refractivity contribution in [1.82, 2.24) is 19.7 Å². The van der Waals surface area contributed by atoms with E-state index in [9.17, 15) is 0 Å². The third kappa shape index (κ3) is 1.91. The van der Waals surface area contributed by atoms with Crippen molar-refractivity contribution < 1.29 is 4.74 Å². The van der Waals surface area contributed by atoms with Crippen LogP contribution >= 0.6 is 0 Å². The number of aromatic nitrogens is 4. The molecule has 0 saturated heterocycles. The molecule has 5 nitrogen and oxygen atoms in total. The second-order valence-corrected chi connectivity index (χ2v) is 4.56. The van der Waals surface area contributed by atoms with E-state index < -0.39 is 0 Å². The van der Waals surface area contributed by atoms with Gasteiger partial charge < -0.3 is 4.74 Å². The Hall–Kier alpha value is -2.43. The second kappa shape index (κ2) is 4.92. The molecular formula is C15H16N4O. The highest BCUT2D eigenvalue weighted by molar-refractivity contribution is 5.96. The first-order valence-corrected chi connectivity index (χ1v) is 6.57. The van der Waals surface area contributed by atoms with E-state index in [0.717, 1.165) is 40.3 Å². The minimum absolute atomic E-state index is 0.773. The Morgan fingerprint density at radius 1 is 1.20 bits per heavy atom. The summed E-state index contributed by atoms with van der Waals surface area (Å²) in [6.45, 7) is 4.80. The number of benzene rings is 1. The lowest BCUT2D eigenvalue weighted by atomic mass is 10.1. The second-order valence-electron chi connectivity index (χ2n) is 4.56. The SMILES string of the molecule is CCn1ncnc1-c1ccc(OC)c2nc(C)ccc12. The van der Waals surface area contributed by atoms with Crippen LogP contribution in [-0.2, 0) is 6.54 Å². The molecule has 0 N–H and O–H groups in total. The lowest BCUT2D eigenvalue weighted by Crippen LogP contribution is -2.00. The molecule has 20 heavy (non-hydrogen) atoms. The maximum Gasteiger partial charge on any atom is 0.158 e. The molecule has 0 aliphatic heterocycles. The average molecular weight is 268 g/mol. The Morgan fingerprint density at radius 3 is 2.80 bits per heavy atom. The largest absolute Gasteiger partial charge is 0.494 e. The number of pyridine rings is 1. The van der Waals surface area contributed by atoms with E-state index in [-0.39, 0.29) is 0 Å². The first-order chi connectivity index (χ1) is 9.74. The Morgan fingerprint density at radius 2 is 2.05 bits per heavy atom. The molecule has 2 aromatic heterocycles. The Bertz CT molecular complexity index is 764. The fourth-order valence-corrected chi connectivity index (χ4v) is 2.35. The molecule has 0 amide bonds. The molecule has 0 saturated carbocycles. The zero-order valence-electron chi connectivity index (χ0n) is 11.8. The van der Waals surface area contributed by atoms with Gasteiger partial charge in [0.05, 0.1) is 7.11 Å². The lowest BCUT2D eigenvalue weighted by Gasteiger charge is -2.10. The van der Waals surface area contributed by atoms with Gasteiger partial charge in [-0.3, -0.25) is 0 Å². The van der Waals surface area contributed by atoms with E-state index in [1.807, 2.05) is 36.7 Å². The van der Waals surface area contributed by atoms with Gasteiger partial charge in [-0.1, -0.05) is 6.07 Å². The zero-order valence-corrected chi connectivity index (χ0v) is 11.8. The molecule has 0 aliphatic rings. The van der Waals surface area contributed by atoms with Crippen LogP contribution in [0.15, 0.2) is 30.6 Å². The fraction of sp³-hybridized carbons (Fsp3) is 0.267. The summed E-state index contributed by atoms with van der Waals surface area (Å²) >= 11 is 0. The smallest absolute Gasteiger partial charge is 0.158 e. The highest BCUT2D eigenvalue weighted by Crippen LogP contribution is 2.32. The summed E-state index contributed by atoms with van der Waals surface area (Å²) in [4.78, 5) is 8.96. The summed E-state index contributed by atoms with van der Waals surface area (Å²) in [5.41, 5.74) is 2.84. The Balaban J connectivity index is 2.32. The fourth-order valence-electron chi connectivity index (χ4n) is 2.35. The molecular weight excluding hydrogens is 252 g/mol. The minimum atomic E-state index is 0.773. The third-order valence-electron chi connectivity index (χ3n) is 3.34. The number of ether oxygens (including phenoxy) is 1. The number of nitrogens with zero attached hydrogens (tertiary/aromatic N) is 4. The molecule has 0 spiro atoms. The highest BCUT2D eigenvalue weighted by Gasteiger charge is 2.13. The molecule has 0 bridgehead atoms. The molecule has 0 aliphatic carbocycles. The molecule has 2 heterocycles. The van der Waals surface area contributed by atoms with Crippen LogP contribution in [0.3, 0.4) is 0 Å². The van der Waals surface area contributed by atoms with Gasteiger partial charge in [0.15, 0.2) is 5.82 Å². The molecule has 0 radical (unpaired) electrons. The normalized spacial score (nSPS) is 10.9. The van der Waals surface area contributed by atoms with Crippen LogP contribution < -0.4 is 4.74 Å². The summed E-state index contributed by atoms with van der Waals surface area (Å²) < 4.78 is 7.28. The van der Waals surface area contributed by atoms with E-state index >= 15 is 0 Å². The zero-order chi connectivity index (χ0) is 14.1. The number of hydrogen-bond acceptors (Lipinski definition) is 4. The molecule has 3 rings (SSSR count). The van der Waals surface area contributed by atoms with Crippen molar-refractivity contribution in [2.24, 2.45) is 0 Å². The monoisotopic (exact) mass is 268 g/mol. The van der Waals surface area contributed by atoms with Crippen molar-refractivity contribution in [2.75, 3.05) is 7.11 Å². The first kappa shape index (κ1) is 12.6. The predicted octanol–water partition coefficient (Wildman–Crippen LogP) is 2.83. The van der Waals surface area contributed by atoms with Crippen LogP contribution in [0.5, 0.6) is 5.75 Å². The summed E-state index contributed by atoms with van der Waals surface area (Å²) in [6, 6.07) is 8.00. The van der Waals surface area contributed by atoms with E-state index in [1.54, 1.807) is 13.4 Å². The van der Waals surface area contributed by atoms with Crippen LogP contribution in [-0.4, -0.2) is 26.9 Å². The van der Waals surface area contributed by atoms with Crippen LogP contribution in [0.25, 0.3) is 22.3 Å². The molecule has 1 aromatic carbocycles. The van der Waals surface area contributed by atoms with Crippen LogP contribution in [0, 0.1) is 6.92 Å². The Kier molecular flexibility index (Phi) is 3.10. The average Bonchev–Trinajstić information content (AvgIpc) is 2.94. The number of aryl methyl sites for hydroxylation is 2. The van der Waals surface area contributed by atoms with Gasteiger partial charge in [-0.15, -0.1) is 0 Å². The van der Waals surface area contributed by atoms with Crippen molar-refractivity contribution in [1.29, 1.82) is 0 Å². The number of methoxy groups -OCH3 is 1. The van der Waals surface area contributed by atoms with E-state index in [1.165, 1.54) is 0 Å². The van der Waals surface area contributed by atoms with Gasteiger partial charge >= 0.3 is 0 Å². The molecule has 0 atom stereocenters. The van der Waals surface area contributed by atoms with Gasteiger partial charge in [-0.2, -0.15) is 5.10 Å². The quantitative estimate of drug-likeness (QED) is 0.733. The topological polar surface area (TPSA) is 52.8 Å². The maximum atomic E-state index is 5.41. The molecule has 102 valence electrons. The minimum Gasteiger partial charge on any atom is -0.494 e. The molecule has 3 aromatic rings. The molecule has 0 unspecified atom stereocenters. The maximum absolute atomic E-state index is 5.41. The van der Waals surface area contributed by atoms with Crippen LogP contribution in [0.4, 0.5) is 0 Å². The van der Waals surface area contributed by atoms with E-state index in [2.05, 4.69) is 21.1 Å². The number of fused-ring (bicyclic) bond motifs is 1. The van der Waals surface area contributed by atoms with Crippen LogP contribution in [0.2, 0.25) is 0 Å². The van der Waals surface area contributed by atoms with Crippen molar-refractivity contribution in [3.05, 3.63) is 36.3 Å². The van der Waals surface area contributed by atoms with Gasteiger partial charge in [0.1, 0.15) is 17.6 Å². The third-order valence-corrected chi connectivity index (χ3v) is 3.34. The van der Waals surface area contributed by atoms with Gasteiger partial charge in [-0.05, 0) is 32.0 Å². The van der Waals surface area contributed by atoms with Crippen molar-refractivity contribution in [3.8, 4) is 17.1 Å². The summed E-state index contributed by atoms with van der Waals surface area (Å²) in [6.07, 6.45) is 1.58. The van der Waals surface area contributed by atoms with E-state index in [0.29, 0.717) is 0 Å². The highest BCUT2D eigenvalue weighted by atomic mass is 16.5. The lowest BCUT2D eigenvalue weighted by molar-refractivity contribution is 0.419. The van der Waals surface area contributed by atoms with Crippen molar-refractivity contribution in [3.63, 3.8) is 0 Å². The molecule has 0 fully saturated rings. The summed E-state index contributed by atoms with van der Waals surface area (Å²) in [5, 5.41) is 5.26. The van der Waals surface area contributed by atoms with Gasteiger partial charge in [0.25, 0.3) is 0 Å². The predicted molar refractivity (Wildman–Crippen MR) is 77.7 cm³/mol. The number of hydrogen-bond donors (Lipinski definition) is 0. The van der Waals surface area contributed by atoms with Crippen molar-refractivity contribution >= 4 is 10.9 Å². The van der Waals surface area contributed by atoms with Crippen molar-refractivity contribution in [2.45, 2.75) is 20.4 Å². The standard InChI is InChI=1S/C15H16N4O/c1-4-19-15(16-9-17-19)12-7-8-13(20-3)14-11(12)6-5-10(2)18-14/h5-9H,4H2,1-3H3. The first-order valence-electron chi connectivity index (χ1n) is 6.57.